The molecule has 0 unspecified atom stereocenters. The molecule has 0 atom stereocenters. The molecule has 2 aliphatic heterocycles. The van der Waals surface area contributed by atoms with E-state index in [1.807, 2.05) is 0 Å². The van der Waals surface area contributed by atoms with Crippen LogP contribution in [0.3, 0.4) is 0 Å². The first kappa shape index (κ1) is 28.7. The summed E-state index contributed by atoms with van der Waals surface area (Å²) in [6.45, 7) is 5.58. The van der Waals surface area contributed by atoms with E-state index in [2.05, 4.69) is 25.5 Å². The fourth-order valence-corrected chi connectivity index (χ4v) is 4.93. The molecule has 2 aliphatic rings. The molecule has 3 heterocycles. The Morgan fingerprint density at radius 3 is 2.58 bits per heavy atom. The molecule has 224 valence electrons. The van der Waals surface area contributed by atoms with Crippen LogP contribution >= 0.6 is 11.6 Å². The number of hydrogen-bond acceptors (Lipinski definition) is 9. The van der Waals surface area contributed by atoms with Crippen molar-refractivity contribution >= 4 is 39.9 Å². The van der Waals surface area contributed by atoms with Gasteiger partial charge in [0.25, 0.3) is 0 Å². The molecule has 0 aliphatic carbocycles. The first-order chi connectivity index (χ1) is 21.0. The van der Waals surface area contributed by atoms with Crippen LogP contribution in [0.5, 0.6) is 28.9 Å². The van der Waals surface area contributed by atoms with E-state index in [1.54, 1.807) is 30.3 Å². The van der Waals surface area contributed by atoms with Crippen molar-refractivity contribution in [1.82, 2.24) is 14.9 Å². The lowest BCUT2D eigenvalue weighted by atomic mass is 10.1. The number of carbonyl (C=O) groups is 1. The minimum absolute atomic E-state index is 0.0309. The maximum atomic E-state index is 13.9. The van der Waals surface area contributed by atoms with Gasteiger partial charge in [0.2, 0.25) is 11.6 Å². The fourth-order valence-electron chi connectivity index (χ4n) is 4.76. The minimum Gasteiger partial charge on any atom is -0.489 e. The number of nitrogens with one attached hydrogen (secondary N) is 2. The average molecular weight is 610 g/mol. The summed E-state index contributed by atoms with van der Waals surface area (Å²) in [4.78, 5) is 23.5. The molecule has 2 amide bonds. The zero-order valence-electron chi connectivity index (χ0n) is 23.1. The van der Waals surface area contributed by atoms with Crippen molar-refractivity contribution in [1.29, 1.82) is 0 Å². The molecular weight excluding hydrogens is 581 g/mol. The van der Waals surface area contributed by atoms with Gasteiger partial charge in [-0.3, -0.25) is 4.90 Å². The van der Waals surface area contributed by atoms with Gasteiger partial charge in [0.15, 0.2) is 11.5 Å². The maximum absolute atomic E-state index is 13.9. The number of urea groups is 1. The van der Waals surface area contributed by atoms with Crippen LogP contribution in [0.25, 0.3) is 10.9 Å². The van der Waals surface area contributed by atoms with Crippen molar-refractivity contribution in [3.05, 3.63) is 65.7 Å². The Kier molecular flexibility index (Phi) is 8.87. The molecule has 11 nitrogen and oxygen atoms in total. The van der Waals surface area contributed by atoms with Crippen LogP contribution in [-0.2, 0) is 4.74 Å². The van der Waals surface area contributed by atoms with Crippen molar-refractivity contribution in [3.8, 4) is 28.9 Å². The van der Waals surface area contributed by atoms with Crippen molar-refractivity contribution in [2.45, 2.75) is 6.42 Å². The number of aromatic nitrogens is 2. The van der Waals surface area contributed by atoms with E-state index < -0.39 is 11.8 Å². The van der Waals surface area contributed by atoms with Crippen molar-refractivity contribution < 1.29 is 32.9 Å². The summed E-state index contributed by atoms with van der Waals surface area (Å²) < 4.78 is 43.6. The van der Waals surface area contributed by atoms with Gasteiger partial charge in [0.05, 0.1) is 31.0 Å². The highest BCUT2D eigenvalue weighted by Crippen LogP contribution is 2.47. The fraction of sp³-hybridized carbons (Fsp3) is 0.300. The Bertz CT molecular complexity index is 1600. The van der Waals surface area contributed by atoms with E-state index in [4.69, 9.17) is 35.3 Å². The Hall–Kier alpha value is -4.39. The molecule has 1 fully saturated rings. The summed E-state index contributed by atoms with van der Waals surface area (Å²) >= 11 is 5.89. The average Bonchev–Trinajstić information content (AvgIpc) is 3.02. The molecule has 4 aromatic rings. The van der Waals surface area contributed by atoms with Crippen LogP contribution < -0.4 is 29.6 Å². The summed E-state index contributed by atoms with van der Waals surface area (Å²) in [6, 6.07) is 11.7. The van der Waals surface area contributed by atoms with Crippen LogP contribution in [-0.4, -0.2) is 73.6 Å². The van der Waals surface area contributed by atoms with Crippen LogP contribution in [0.4, 0.5) is 20.6 Å². The molecule has 2 N–H and O–H groups in total. The van der Waals surface area contributed by atoms with E-state index >= 15 is 0 Å². The predicted octanol–water partition coefficient (Wildman–Crippen LogP) is 5.73. The molecule has 0 saturated carbocycles. The van der Waals surface area contributed by atoms with Gasteiger partial charge in [0.1, 0.15) is 36.5 Å². The molecular formula is C30H29ClFN5O6. The number of hydrogen-bond donors (Lipinski definition) is 2. The van der Waals surface area contributed by atoms with Crippen LogP contribution in [0, 0.1) is 5.82 Å². The van der Waals surface area contributed by atoms with Gasteiger partial charge >= 0.3 is 6.03 Å². The Morgan fingerprint density at radius 2 is 1.77 bits per heavy atom. The van der Waals surface area contributed by atoms with Gasteiger partial charge in [-0.1, -0.05) is 11.6 Å². The second-order valence-corrected chi connectivity index (χ2v) is 10.2. The summed E-state index contributed by atoms with van der Waals surface area (Å²) in [5, 5.41) is 5.94. The highest BCUT2D eigenvalue weighted by Gasteiger charge is 2.25. The molecule has 6 rings (SSSR count). The third-order valence-corrected chi connectivity index (χ3v) is 7.06. The molecule has 0 radical (unpaired) electrons. The van der Waals surface area contributed by atoms with E-state index in [9.17, 15) is 9.18 Å². The van der Waals surface area contributed by atoms with Gasteiger partial charge < -0.3 is 34.3 Å². The third-order valence-electron chi connectivity index (χ3n) is 6.83. The van der Waals surface area contributed by atoms with Crippen LogP contribution in [0.2, 0.25) is 5.02 Å². The van der Waals surface area contributed by atoms with Crippen LogP contribution in [0.1, 0.15) is 6.42 Å². The Balaban J connectivity index is 1.14. The lowest BCUT2D eigenvalue weighted by molar-refractivity contribution is 0.0357. The van der Waals surface area contributed by atoms with Gasteiger partial charge in [-0.05, 0) is 48.9 Å². The monoisotopic (exact) mass is 609 g/mol. The van der Waals surface area contributed by atoms with Gasteiger partial charge in [-0.25, -0.2) is 19.2 Å². The lowest BCUT2D eigenvalue weighted by Crippen LogP contribution is -2.37. The van der Waals surface area contributed by atoms with Crippen LogP contribution in [0.15, 0.2) is 54.9 Å². The highest BCUT2D eigenvalue weighted by molar-refractivity contribution is 6.31. The number of anilines is 2. The molecule has 0 spiro atoms. The second kappa shape index (κ2) is 13.3. The maximum Gasteiger partial charge on any atom is 0.323 e. The first-order valence-corrected chi connectivity index (χ1v) is 14.2. The number of nitrogens with zero attached hydrogens (tertiary/aromatic N) is 3. The summed E-state index contributed by atoms with van der Waals surface area (Å²) in [6.07, 6.45) is 2.26. The number of rotatable bonds is 9. The van der Waals surface area contributed by atoms with Gasteiger partial charge in [0, 0.05) is 36.4 Å². The molecule has 13 heteroatoms. The SMILES string of the molecule is O=C(Nc1ccc(Oc2ncnc3cc(OCCCN4CCOCC4)c4c(c23)OCCO4)cc1)Nc1cc(Cl)ccc1F. The van der Waals surface area contributed by atoms with E-state index in [1.165, 1.54) is 24.5 Å². The smallest absolute Gasteiger partial charge is 0.323 e. The number of ether oxygens (including phenoxy) is 5. The Morgan fingerprint density at radius 1 is 0.977 bits per heavy atom. The first-order valence-electron chi connectivity index (χ1n) is 13.8. The number of fused-ring (bicyclic) bond motifs is 3. The van der Waals surface area contributed by atoms with E-state index in [-0.39, 0.29) is 11.6 Å². The molecule has 3 aromatic carbocycles. The number of amides is 2. The normalized spacial score (nSPS) is 14.7. The van der Waals surface area contributed by atoms with Crippen molar-refractivity contribution in [3.63, 3.8) is 0 Å². The third kappa shape index (κ3) is 6.99. The summed E-state index contributed by atoms with van der Waals surface area (Å²) in [5.41, 5.74) is 1.02. The number of morpholine rings is 1. The second-order valence-electron chi connectivity index (χ2n) is 9.79. The predicted molar refractivity (Wildman–Crippen MR) is 158 cm³/mol. The summed E-state index contributed by atoms with van der Waals surface area (Å²) in [5.74, 6) is 1.65. The van der Waals surface area contributed by atoms with Gasteiger partial charge in [-0.15, -0.1) is 0 Å². The van der Waals surface area contributed by atoms with Gasteiger partial charge in [-0.2, -0.15) is 0 Å². The highest BCUT2D eigenvalue weighted by atomic mass is 35.5. The van der Waals surface area contributed by atoms with Crippen molar-refractivity contribution in [2.24, 2.45) is 0 Å². The number of carbonyl (C=O) groups excluding carboxylic acids is 1. The molecule has 0 bridgehead atoms. The van der Waals surface area contributed by atoms with E-state index in [0.29, 0.717) is 64.4 Å². The molecule has 43 heavy (non-hydrogen) atoms. The standard InChI is InChI=1S/C30H29ClFN5O6/c31-19-2-7-22(32)23(16-19)36-30(38)35-20-3-5-21(6-4-20)43-29-26-24(33-18-34-29)17-25(27-28(26)42-15-14-41-27)40-11-1-8-37-9-12-39-13-10-37/h2-7,16-18H,1,8-15H2,(H2,35,36,38). The topological polar surface area (TPSA) is 116 Å². The Labute approximate surface area is 251 Å². The molecule has 1 aromatic heterocycles. The minimum atomic E-state index is -0.625. The zero-order valence-corrected chi connectivity index (χ0v) is 23.9. The quantitative estimate of drug-likeness (QED) is 0.229. The number of halogens is 2. The zero-order chi connectivity index (χ0) is 29.6. The lowest BCUT2D eigenvalue weighted by Gasteiger charge is -2.26. The van der Waals surface area contributed by atoms with Crippen molar-refractivity contribution in [2.75, 3.05) is 63.3 Å². The molecule has 1 saturated heterocycles. The van der Waals surface area contributed by atoms with E-state index in [0.717, 1.165) is 39.3 Å². The largest absolute Gasteiger partial charge is 0.489 e. The summed E-state index contributed by atoms with van der Waals surface area (Å²) in [7, 11) is 0. The number of benzene rings is 3.